The van der Waals surface area contributed by atoms with Crippen LogP contribution in [-0.4, -0.2) is 99.3 Å². The number of benzene rings is 2. The first-order valence-electron chi connectivity index (χ1n) is 13.1. The van der Waals surface area contributed by atoms with Crippen molar-refractivity contribution < 1.29 is 55.7 Å². The first-order valence-corrected chi connectivity index (χ1v) is 13.1. The molecule has 0 saturated heterocycles. The lowest BCUT2D eigenvalue weighted by Gasteiger charge is -2.24. The molecule has 0 radical (unpaired) electrons. The second kappa shape index (κ2) is 15.8. The summed E-state index contributed by atoms with van der Waals surface area (Å²) in [6.45, 7) is 1.94. The number of alkyl halides is 6. The van der Waals surface area contributed by atoms with Gasteiger partial charge in [0.15, 0.2) is 0 Å². The molecule has 46 heavy (non-hydrogen) atoms. The summed E-state index contributed by atoms with van der Waals surface area (Å²) in [4.78, 5) is 35.5. The maximum absolute atomic E-state index is 13.7. The fourth-order valence-electron chi connectivity index (χ4n) is 3.88. The smallest absolute Gasteiger partial charge is 0.490 e. The third kappa shape index (κ3) is 10.8. The van der Waals surface area contributed by atoms with E-state index in [0.717, 1.165) is 39.9 Å². The molecule has 2 aromatic carbocycles. The summed E-state index contributed by atoms with van der Waals surface area (Å²) in [5, 5.41) is 22.1. The van der Waals surface area contributed by atoms with Crippen LogP contribution in [0.3, 0.4) is 0 Å². The molecule has 0 saturated carbocycles. The molecule has 2 aromatic heterocycles. The first kappa shape index (κ1) is 37.1. The molecule has 0 bridgehead atoms. The quantitative estimate of drug-likeness (QED) is 0.224. The van der Waals surface area contributed by atoms with Crippen molar-refractivity contribution in [2.24, 2.45) is 7.05 Å². The van der Waals surface area contributed by atoms with E-state index in [4.69, 9.17) is 24.5 Å². The van der Waals surface area contributed by atoms with Gasteiger partial charge in [0.25, 0.3) is 5.91 Å². The Morgan fingerprint density at radius 3 is 2.04 bits per heavy atom. The lowest BCUT2D eigenvalue weighted by Crippen LogP contribution is -2.36. The number of carbonyl (C=O) groups excluding carboxylic acids is 1. The highest BCUT2D eigenvalue weighted by molar-refractivity contribution is 6.07. The van der Waals surface area contributed by atoms with Gasteiger partial charge in [-0.05, 0) is 43.4 Å². The van der Waals surface area contributed by atoms with Crippen molar-refractivity contribution in [1.29, 1.82) is 0 Å². The average Bonchev–Trinajstić information content (AvgIpc) is 3.63. The number of H-pyrrole nitrogens is 1. The zero-order valence-corrected chi connectivity index (χ0v) is 25.0. The van der Waals surface area contributed by atoms with Crippen molar-refractivity contribution in [3.05, 3.63) is 72.2 Å². The topological polar surface area (TPSA) is 141 Å². The number of aromatic amines is 1. The van der Waals surface area contributed by atoms with Crippen molar-refractivity contribution in [2.75, 3.05) is 34.3 Å². The number of amides is 1. The molecule has 4 aromatic rings. The van der Waals surface area contributed by atoms with Crippen LogP contribution < -0.4 is 4.74 Å². The van der Waals surface area contributed by atoms with Crippen LogP contribution in [0.1, 0.15) is 15.9 Å². The lowest BCUT2D eigenvalue weighted by molar-refractivity contribution is -0.193. The standard InChI is InChI=1S/C25H29N5O2.2C2HF3O2/c1-28(2)10-11-30(16-18-6-5-7-21(12-18)32-4)25(31)23-17-29(3)24-13-19(8-9-22(23)24)20-14-26-27-15-20;2*3-2(4,5)1(6)7/h5-9,12-15,17H,10-11,16H2,1-4H3,(H,26,27);2*(H,6,7). The molecule has 0 unspecified atom stereocenters. The van der Waals surface area contributed by atoms with Crippen molar-refractivity contribution in [3.8, 4) is 16.9 Å². The van der Waals surface area contributed by atoms with Crippen LogP contribution in [0.25, 0.3) is 22.0 Å². The highest BCUT2D eigenvalue weighted by atomic mass is 19.4. The van der Waals surface area contributed by atoms with Gasteiger partial charge in [-0.15, -0.1) is 0 Å². The summed E-state index contributed by atoms with van der Waals surface area (Å²) < 4.78 is 70.8. The van der Waals surface area contributed by atoms with Crippen LogP contribution in [0.4, 0.5) is 26.3 Å². The third-order valence-corrected chi connectivity index (χ3v) is 6.15. The molecule has 0 aliphatic carbocycles. The zero-order valence-electron chi connectivity index (χ0n) is 25.0. The van der Waals surface area contributed by atoms with Crippen LogP contribution in [0.15, 0.2) is 61.1 Å². The van der Waals surface area contributed by atoms with Crippen molar-refractivity contribution in [3.63, 3.8) is 0 Å². The van der Waals surface area contributed by atoms with E-state index >= 15 is 0 Å². The first-order chi connectivity index (χ1) is 21.3. The Morgan fingerprint density at radius 2 is 1.54 bits per heavy atom. The van der Waals surface area contributed by atoms with Crippen LogP contribution in [-0.2, 0) is 23.2 Å². The molecule has 0 aliphatic rings. The molecular formula is C29H31F6N5O6. The molecule has 0 atom stereocenters. The predicted molar refractivity (Wildman–Crippen MR) is 154 cm³/mol. The Labute approximate surface area is 258 Å². The molecule has 2 heterocycles. The number of rotatable bonds is 8. The van der Waals surface area contributed by atoms with Gasteiger partial charge in [-0.3, -0.25) is 9.89 Å². The fourth-order valence-corrected chi connectivity index (χ4v) is 3.88. The van der Waals surface area contributed by atoms with Gasteiger partial charge in [0.05, 0.1) is 18.9 Å². The van der Waals surface area contributed by atoms with Crippen LogP contribution in [0.2, 0.25) is 0 Å². The molecule has 11 nitrogen and oxygen atoms in total. The summed E-state index contributed by atoms with van der Waals surface area (Å²) in [5.41, 5.74) is 4.85. The van der Waals surface area contributed by atoms with Gasteiger partial charge in [0, 0.05) is 55.5 Å². The summed E-state index contributed by atoms with van der Waals surface area (Å²) >= 11 is 0. The highest BCUT2D eigenvalue weighted by Crippen LogP contribution is 2.28. The second-order valence-electron chi connectivity index (χ2n) is 9.86. The molecule has 250 valence electrons. The van der Waals surface area contributed by atoms with Gasteiger partial charge < -0.3 is 29.3 Å². The van der Waals surface area contributed by atoms with Gasteiger partial charge in [-0.1, -0.05) is 24.3 Å². The average molecular weight is 660 g/mol. The maximum Gasteiger partial charge on any atom is 0.490 e. The fraction of sp³-hybridized carbons (Fsp3) is 0.310. The second-order valence-corrected chi connectivity index (χ2v) is 9.86. The number of nitrogens with zero attached hydrogens (tertiary/aromatic N) is 4. The number of nitrogens with one attached hydrogen (secondary N) is 1. The number of hydrogen-bond acceptors (Lipinski definition) is 6. The molecular weight excluding hydrogens is 628 g/mol. The Hall–Kier alpha value is -5.06. The maximum atomic E-state index is 13.7. The van der Waals surface area contributed by atoms with Crippen molar-refractivity contribution >= 4 is 28.7 Å². The number of aliphatic carboxylic acids is 2. The van der Waals surface area contributed by atoms with E-state index in [-0.39, 0.29) is 5.91 Å². The third-order valence-electron chi connectivity index (χ3n) is 6.15. The monoisotopic (exact) mass is 659 g/mol. The summed E-state index contributed by atoms with van der Waals surface area (Å²) in [6, 6.07) is 14.0. The number of fused-ring (bicyclic) bond motifs is 1. The summed E-state index contributed by atoms with van der Waals surface area (Å²) in [6.07, 6.45) is -4.57. The normalized spacial score (nSPS) is 11.3. The molecule has 17 heteroatoms. The number of aromatic nitrogens is 3. The van der Waals surface area contributed by atoms with Crippen molar-refractivity contribution in [1.82, 2.24) is 24.6 Å². The molecule has 1 amide bonds. The Morgan fingerprint density at radius 1 is 0.935 bits per heavy atom. The largest absolute Gasteiger partial charge is 0.497 e. The van der Waals surface area contributed by atoms with Gasteiger partial charge in [-0.25, -0.2) is 9.59 Å². The number of hydrogen-bond donors (Lipinski definition) is 3. The summed E-state index contributed by atoms with van der Waals surface area (Å²) in [7, 11) is 7.67. The Kier molecular flexibility index (Phi) is 12.7. The molecule has 3 N–H and O–H groups in total. The van der Waals surface area contributed by atoms with E-state index in [1.807, 2.05) is 79.4 Å². The number of halogens is 6. The number of carboxylic acids is 2. The van der Waals surface area contributed by atoms with E-state index in [1.54, 1.807) is 13.3 Å². The number of ether oxygens (including phenoxy) is 1. The SMILES string of the molecule is COc1cccc(CN(CCN(C)C)C(=O)c2cn(C)c3cc(-c4cn[nH]c4)ccc23)c1.O=C(O)C(F)(F)F.O=C(O)C(F)(F)F. The number of aryl methyl sites for hydroxylation is 1. The number of likely N-dealkylation sites (N-methyl/N-ethyl adjacent to an activating group) is 1. The van der Waals surface area contributed by atoms with E-state index in [1.165, 1.54) is 0 Å². The minimum Gasteiger partial charge on any atom is -0.497 e. The van der Waals surface area contributed by atoms with E-state index < -0.39 is 24.3 Å². The zero-order chi connectivity index (χ0) is 34.8. The summed E-state index contributed by atoms with van der Waals surface area (Å²) in [5.74, 6) is -4.70. The number of methoxy groups -OCH3 is 1. The van der Waals surface area contributed by atoms with Gasteiger partial charge in [0.2, 0.25) is 0 Å². The molecule has 0 spiro atoms. The van der Waals surface area contributed by atoms with Crippen LogP contribution in [0.5, 0.6) is 5.75 Å². The highest BCUT2D eigenvalue weighted by Gasteiger charge is 2.38. The minimum atomic E-state index is -5.08. The van der Waals surface area contributed by atoms with Crippen LogP contribution in [0, 0.1) is 0 Å². The number of carboxylic acid groups (broad SMARTS) is 2. The van der Waals surface area contributed by atoms with Gasteiger partial charge in [-0.2, -0.15) is 31.4 Å². The van der Waals surface area contributed by atoms with Crippen molar-refractivity contribution in [2.45, 2.75) is 18.9 Å². The Bertz CT molecular complexity index is 1590. The molecule has 0 fully saturated rings. The van der Waals surface area contributed by atoms with Gasteiger partial charge >= 0.3 is 24.3 Å². The van der Waals surface area contributed by atoms with E-state index in [0.29, 0.717) is 18.7 Å². The lowest BCUT2D eigenvalue weighted by atomic mass is 10.1. The minimum absolute atomic E-state index is 0.0244. The number of carbonyl (C=O) groups is 3. The molecule has 4 rings (SSSR count). The van der Waals surface area contributed by atoms with E-state index in [9.17, 15) is 31.1 Å². The van der Waals surface area contributed by atoms with Gasteiger partial charge in [0.1, 0.15) is 5.75 Å². The molecule has 0 aliphatic heterocycles. The van der Waals surface area contributed by atoms with E-state index in [2.05, 4.69) is 21.2 Å². The predicted octanol–water partition coefficient (Wildman–Crippen LogP) is 5.05. The Balaban J connectivity index is 0.000000440. The van der Waals surface area contributed by atoms with Crippen LogP contribution >= 0.6 is 0 Å².